The van der Waals surface area contributed by atoms with Crippen LogP contribution in [0.25, 0.3) is 0 Å². The molecule has 31 heavy (non-hydrogen) atoms. The summed E-state index contributed by atoms with van der Waals surface area (Å²) >= 11 is 0. The number of rotatable bonds is 4. The molecule has 0 radical (unpaired) electrons. The summed E-state index contributed by atoms with van der Waals surface area (Å²) < 4.78 is 18.6. The van der Waals surface area contributed by atoms with Crippen LogP contribution >= 0.6 is 0 Å². The lowest BCUT2D eigenvalue weighted by Crippen LogP contribution is -2.70. The van der Waals surface area contributed by atoms with Crippen LogP contribution in [0, 0.1) is 23.7 Å². The van der Waals surface area contributed by atoms with Crippen LogP contribution in [0.2, 0.25) is 0 Å². The van der Waals surface area contributed by atoms with Gasteiger partial charge in [0.05, 0.1) is 6.42 Å². The number of ether oxygens (including phenoxy) is 3. The van der Waals surface area contributed by atoms with Crippen LogP contribution in [0.1, 0.15) is 52.9 Å². The summed E-state index contributed by atoms with van der Waals surface area (Å²) in [6, 6.07) is 0. The van der Waals surface area contributed by atoms with E-state index in [1.165, 1.54) is 0 Å². The highest BCUT2D eigenvalue weighted by Gasteiger charge is 2.69. The Morgan fingerprint density at radius 2 is 1.84 bits per heavy atom. The van der Waals surface area contributed by atoms with Crippen molar-refractivity contribution in [2.45, 2.75) is 76.8 Å². The molecule has 5 heterocycles. The predicted molar refractivity (Wildman–Crippen MR) is 111 cm³/mol. The lowest BCUT2D eigenvalue weighted by atomic mass is 9.58. The van der Waals surface area contributed by atoms with E-state index < -0.39 is 24.0 Å². The maximum absolute atomic E-state index is 12.7. The smallest absolute Gasteiger partial charge is 0.309 e. The van der Waals surface area contributed by atoms with Crippen molar-refractivity contribution in [1.82, 2.24) is 9.80 Å². The van der Waals surface area contributed by atoms with Crippen molar-refractivity contribution in [3.63, 3.8) is 0 Å². The summed E-state index contributed by atoms with van der Waals surface area (Å²) in [5, 5.41) is 0. The molecular weight excluding hydrogens is 400 g/mol. The first-order valence-corrected chi connectivity index (χ1v) is 12.1. The Balaban J connectivity index is 1.27. The van der Waals surface area contributed by atoms with Crippen molar-refractivity contribution < 1.29 is 28.8 Å². The predicted octanol–water partition coefficient (Wildman–Crippen LogP) is 2.38. The average Bonchev–Trinajstić information content (AvgIpc) is 2.97. The van der Waals surface area contributed by atoms with Crippen LogP contribution in [-0.4, -0.2) is 79.5 Å². The Kier molecular flexibility index (Phi) is 5.85. The van der Waals surface area contributed by atoms with E-state index in [0.717, 1.165) is 58.4 Å². The Hall–Kier alpha value is -0.770. The third-order valence-corrected chi connectivity index (χ3v) is 8.57. The molecule has 6 fully saturated rings. The van der Waals surface area contributed by atoms with Crippen LogP contribution in [0.15, 0.2) is 0 Å². The van der Waals surface area contributed by atoms with E-state index in [1.54, 1.807) is 0 Å². The van der Waals surface area contributed by atoms with Gasteiger partial charge in [0.2, 0.25) is 12.1 Å². The van der Waals surface area contributed by atoms with E-state index in [2.05, 4.69) is 30.7 Å². The Morgan fingerprint density at radius 3 is 2.61 bits per heavy atom. The molecule has 6 aliphatic rings. The van der Waals surface area contributed by atoms with Crippen LogP contribution in [0.5, 0.6) is 0 Å². The number of fused-ring (bicyclic) bond motifs is 2. The second kappa shape index (κ2) is 8.22. The Labute approximate surface area is 185 Å². The molecule has 8 nitrogen and oxygen atoms in total. The van der Waals surface area contributed by atoms with E-state index >= 15 is 0 Å². The quantitative estimate of drug-likeness (QED) is 0.490. The first-order chi connectivity index (χ1) is 14.8. The van der Waals surface area contributed by atoms with E-state index in [-0.39, 0.29) is 17.8 Å². The summed E-state index contributed by atoms with van der Waals surface area (Å²) in [7, 11) is 2.13. The second-order valence-electron chi connectivity index (χ2n) is 10.7. The fourth-order valence-corrected chi connectivity index (χ4v) is 6.52. The van der Waals surface area contributed by atoms with Crippen molar-refractivity contribution in [2.24, 2.45) is 23.7 Å². The maximum atomic E-state index is 12.7. The first-order valence-electron chi connectivity index (χ1n) is 12.1. The fraction of sp³-hybridized carbons (Fsp3) is 0.957. The van der Waals surface area contributed by atoms with Gasteiger partial charge in [0, 0.05) is 51.0 Å². The van der Waals surface area contributed by atoms with Gasteiger partial charge in [0.1, 0.15) is 0 Å². The molecule has 8 atom stereocenters. The molecule has 0 amide bonds. The number of nitrogens with zero attached hydrogens (tertiary/aromatic N) is 2. The fourth-order valence-electron chi connectivity index (χ4n) is 6.52. The SMILES string of the molecule is C[C@H]1[C@H](OC(=O)CCN2CCN(C)CC2)O[C@@H]2O[C@@]3(C)CC[C@H]4[C@H](C)CC[C@@H]1[C@@]24OO3. The minimum atomic E-state index is -0.811. The van der Waals surface area contributed by atoms with Crippen LogP contribution in [-0.2, 0) is 28.8 Å². The lowest BCUT2D eigenvalue weighted by molar-refractivity contribution is -0.576. The number of likely N-dealkylation sites (N-methyl/N-ethyl adjacent to an activating group) is 1. The topological polar surface area (TPSA) is 69.7 Å². The van der Waals surface area contributed by atoms with Gasteiger partial charge in [0.15, 0.2) is 11.9 Å². The van der Waals surface area contributed by atoms with Crippen LogP contribution in [0.3, 0.4) is 0 Å². The number of hydrogen-bond donors (Lipinski definition) is 0. The van der Waals surface area contributed by atoms with Gasteiger partial charge in [-0.15, -0.1) is 0 Å². The van der Waals surface area contributed by atoms with E-state index in [4.69, 9.17) is 24.0 Å². The van der Waals surface area contributed by atoms with Crippen molar-refractivity contribution in [2.75, 3.05) is 39.8 Å². The zero-order chi connectivity index (χ0) is 21.8. The molecule has 0 aromatic heterocycles. The van der Waals surface area contributed by atoms with Crippen LogP contribution < -0.4 is 0 Å². The highest BCUT2D eigenvalue weighted by molar-refractivity contribution is 5.69. The molecule has 2 bridgehead atoms. The monoisotopic (exact) mass is 438 g/mol. The number of hydrogen-bond acceptors (Lipinski definition) is 8. The van der Waals surface area contributed by atoms with Gasteiger partial charge in [0.25, 0.3) is 0 Å². The standard InChI is InChI=1S/C23H38N2O6/c1-15-5-6-18-16(2)20(27-19(26)8-10-25-13-11-24(4)12-14-25)28-21-23(18)17(15)7-9-22(3,29-21)30-31-23/h15-18,20-21H,5-14H2,1-4H3/t15-,16-,17+,18+,20-,21-,22-,23-/m1/s1. The largest absolute Gasteiger partial charge is 0.435 e. The van der Waals surface area contributed by atoms with Gasteiger partial charge >= 0.3 is 5.97 Å². The number of carbonyl (C=O) groups excluding carboxylic acids is 1. The molecule has 5 aliphatic heterocycles. The van der Waals surface area contributed by atoms with Gasteiger partial charge in [-0.05, 0) is 45.1 Å². The number of esters is 1. The van der Waals surface area contributed by atoms with Crippen molar-refractivity contribution in [3.05, 3.63) is 0 Å². The van der Waals surface area contributed by atoms with Gasteiger partial charge in [-0.1, -0.05) is 13.8 Å². The van der Waals surface area contributed by atoms with Gasteiger partial charge in [-0.3, -0.25) is 4.79 Å². The van der Waals surface area contributed by atoms with E-state index in [1.807, 2.05) is 6.92 Å². The van der Waals surface area contributed by atoms with Gasteiger partial charge < -0.3 is 24.0 Å². The van der Waals surface area contributed by atoms with Crippen molar-refractivity contribution in [1.29, 1.82) is 0 Å². The normalized spacial score (nSPS) is 48.1. The zero-order valence-electron chi connectivity index (χ0n) is 19.4. The summed E-state index contributed by atoms with van der Waals surface area (Å²) in [4.78, 5) is 29.3. The molecule has 0 N–H and O–H groups in total. The molecule has 8 heteroatoms. The molecular formula is C23H38N2O6. The number of carbonyl (C=O) groups is 1. The number of piperazine rings is 1. The first kappa shape index (κ1) is 22.0. The molecule has 1 aliphatic carbocycles. The van der Waals surface area contributed by atoms with Crippen LogP contribution in [0.4, 0.5) is 0 Å². The molecule has 0 aromatic rings. The lowest BCUT2D eigenvalue weighted by Gasteiger charge is -2.59. The molecule has 6 rings (SSSR count). The third kappa shape index (κ3) is 3.83. The minimum Gasteiger partial charge on any atom is -0.435 e. The second-order valence-corrected chi connectivity index (χ2v) is 10.7. The average molecular weight is 439 g/mol. The summed E-state index contributed by atoms with van der Waals surface area (Å²) in [6.45, 7) is 11.1. The summed E-state index contributed by atoms with van der Waals surface area (Å²) in [6.07, 6.45) is 3.11. The van der Waals surface area contributed by atoms with Gasteiger partial charge in [-0.2, -0.15) is 0 Å². The summed E-state index contributed by atoms with van der Waals surface area (Å²) in [5.74, 6) is 0.0177. The highest BCUT2D eigenvalue weighted by atomic mass is 17.3. The third-order valence-electron chi connectivity index (χ3n) is 8.57. The molecule has 1 spiro atoms. The zero-order valence-corrected chi connectivity index (χ0v) is 19.4. The molecule has 0 aromatic carbocycles. The maximum Gasteiger partial charge on any atom is 0.309 e. The van der Waals surface area contributed by atoms with Gasteiger partial charge in [-0.25, -0.2) is 9.78 Å². The summed E-state index contributed by atoms with van der Waals surface area (Å²) in [5.41, 5.74) is -0.615. The molecule has 1 saturated carbocycles. The Morgan fingerprint density at radius 1 is 1.06 bits per heavy atom. The van der Waals surface area contributed by atoms with E-state index in [0.29, 0.717) is 18.3 Å². The molecule has 0 unspecified atom stereocenters. The molecule has 176 valence electrons. The van der Waals surface area contributed by atoms with Crippen molar-refractivity contribution >= 4 is 5.97 Å². The Bertz CT molecular complexity index is 685. The van der Waals surface area contributed by atoms with E-state index in [9.17, 15) is 4.79 Å². The highest BCUT2D eigenvalue weighted by Crippen LogP contribution is 2.60. The van der Waals surface area contributed by atoms with Crippen molar-refractivity contribution in [3.8, 4) is 0 Å². The minimum absolute atomic E-state index is 0.0218. The molecule has 5 saturated heterocycles.